The first-order chi connectivity index (χ1) is 30.6. The Hall–Kier alpha value is -2.99. The van der Waals surface area contributed by atoms with Gasteiger partial charge >= 0.3 is 11.9 Å². The van der Waals surface area contributed by atoms with E-state index in [4.69, 9.17) is 21.1 Å². The number of likely N-dealkylation sites (N-methyl/N-ethyl adjacent to an activating group) is 1. The van der Waals surface area contributed by atoms with Crippen LogP contribution < -0.4 is 15.4 Å². The summed E-state index contributed by atoms with van der Waals surface area (Å²) in [6.07, 6.45) is 7.24. The number of carbonyl (C=O) groups excluding carboxylic acids is 3. The molecule has 1 aromatic carbocycles. The number of aliphatic hydroxyl groups excluding tert-OH is 1. The summed E-state index contributed by atoms with van der Waals surface area (Å²) in [5, 5.41) is 29.4. The molecule has 4 N–H and O–H groups in total. The summed E-state index contributed by atoms with van der Waals surface area (Å²) in [4.78, 5) is 55.5. The maximum atomic E-state index is 14.3. The van der Waals surface area contributed by atoms with Gasteiger partial charge in [-0.1, -0.05) is 79.5 Å². The van der Waals surface area contributed by atoms with Crippen LogP contribution in [0.2, 0.25) is 5.02 Å². The van der Waals surface area contributed by atoms with Gasteiger partial charge in [0.05, 0.1) is 23.5 Å². The second kappa shape index (κ2) is 17.8. The number of carboxylic acid groups (broad SMARTS) is 1. The van der Waals surface area contributed by atoms with Crippen LogP contribution in [0.15, 0.2) is 29.3 Å². The summed E-state index contributed by atoms with van der Waals surface area (Å²) in [7, 11) is 3.92. The van der Waals surface area contributed by atoms with Crippen molar-refractivity contribution in [2.24, 2.45) is 68.0 Å². The highest BCUT2D eigenvalue weighted by atomic mass is 35.5. The van der Waals surface area contributed by atoms with Crippen molar-refractivity contribution >= 4 is 35.2 Å². The highest BCUT2D eigenvalue weighted by Gasteiger charge is 2.71. The third-order valence-electron chi connectivity index (χ3n) is 19.5. The zero-order valence-corrected chi connectivity index (χ0v) is 43.2. The standard InChI is InChI=1S/C54H82ClN3O8/c1-31(2)43-37(59)28-54(41(60)29-56-30-48(3,4)57-45(61)33-15-14-32(55)26-38(33)65-25-24-58(12)13)23-22-52(10)34(44(43)54)16-17-40-51(9)20-19-42(50(7,8)39(51)18-21-53(40,52)11)66-47(64)36-27-35(46(62)63)49(36,5)6/h14-15,26,31,34-36,39-42,56,60H,16-25,27-30H2,1-13H3,(H,57,61)(H,62,63)/t34-,35+,36-,39+,40-,41+,42+,51+,52-,53-,54+/m1/s1. The fraction of sp³-hybridized carbons (Fsp3) is 0.778. The van der Waals surface area contributed by atoms with Crippen LogP contribution in [0, 0.1) is 68.0 Å². The predicted octanol–water partition coefficient (Wildman–Crippen LogP) is 9.38. The Balaban J connectivity index is 1.06. The van der Waals surface area contributed by atoms with Crippen LogP contribution in [0.1, 0.15) is 151 Å². The number of rotatable bonds is 15. The van der Waals surface area contributed by atoms with E-state index in [0.717, 1.165) is 56.9 Å². The van der Waals surface area contributed by atoms with Gasteiger partial charge in [0.25, 0.3) is 5.91 Å². The lowest BCUT2D eigenvalue weighted by atomic mass is 9.33. The number of fused-ring (bicyclic) bond motifs is 7. The summed E-state index contributed by atoms with van der Waals surface area (Å²) in [5.41, 5.74) is 0.350. The van der Waals surface area contributed by atoms with Crippen molar-refractivity contribution in [3.05, 3.63) is 39.9 Å². The number of halogens is 1. The molecule has 0 aromatic heterocycles. The van der Waals surface area contributed by atoms with Crippen LogP contribution in [0.5, 0.6) is 5.75 Å². The van der Waals surface area contributed by atoms with E-state index >= 15 is 0 Å². The Morgan fingerprint density at radius 1 is 0.909 bits per heavy atom. The highest BCUT2D eigenvalue weighted by molar-refractivity contribution is 6.30. The first-order valence-corrected chi connectivity index (χ1v) is 25.4. The van der Waals surface area contributed by atoms with E-state index in [9.17, 15) is 29.4 Å². The summed E-state index contributed by atoms with van der Waals surface area (Å²) >= 11 is 6.29. The smallest absolute Gasteiger partial charge is 0.309 e. The van der Waals surface area contributed by atoms with Gasteiger partial charge in [-0.05, 0) is 155 Å². The van der Waals surface area contributed by atoms with Gasteiger partial charge in [0.15, 0.2) is 5.78 Å². The van der Waals surface area contributed by atoms with Gasteiger partial charge < -0.3 is 35.2 Å². The number of nitrogens with zero attached hydrogens (tertiary/aromatic N) is 1. The fourth-order valence-electron chi connectivity index (χ4n) is 15.5. The number of amides is 1. The monoisotopic (exact) mass is 936 g/mol. The maximum absolute atomic E-state index is 14.3. The SMILES string of the molecule is CC(C)C1=C2[C@H]3CC[C@@H]4[C@@]5(C)CC[C@H](OC(=O)[C@H]6C[C@@H](C(=O)O)C6(C)C)C(C)(C)[C@@H]5CC[C@@]4(C)[C@]3(C)CC[C@@]2([C@@H](O)CNCC(C)(C)NC(=O)c2ccc(Cl)cc2OCCN(C)C)CC1=O. The molecule has 66 heavy (non-hydrogen) atoms. The second-order valence-corrected chi connectivity index (χ2v) is 25.4. The number of ketones is 1. The molecule has 368 valence electrons. The van der Waals surface area contributed by atoms with Crippen molar-refractivity contribution in [3.8, 4) is 5.75 Å². The Bertz CT molecular complexity index is 2110. The lowest BCUT2D eigenvalue weighted by molar-refractivity contribution is -0.238. The number of hydrogen-bond acceptors (Lipinski definition) is 9. The van der Waals surface area contributed by atoms with Gasteiger partial charge in [0.2, 0.25) is 0 Å². The molecule has 0 bridgehead atoms. The molecule has 1 aromatic rings. The molecule has 5 fully saturated rings. The molecule has 6 aliphatic rings. The number of Topliss-reactive ketones (excluding diaryl/α,β-unsaturated/α-hetero) is 1. The van der Waals surface area contributed by atoms with Crippen LogP contribution in [0.4, 0.5) is 0 Å². The molecule has 0 heterocycles. The van der Waals surface area contributed by atoms with E-state index in [-0.39, 0.29) is 57.3 Å². The van der Waals surface area contributed by atoms with Crippen molar-refractivity contribution in [2.45, 2.75) is 158 Å². The fourth-order valence-corrected chi connectivity index (χ4v) is 15.7. The second-order valence-electron chi connectivity index (χ2n) is 24.9. The number of allylic oxidation sites excluding steroid dienone is 1. The topological polar surface area (TPSA) is 154 Å². The molecule has 0 radical (unpaired) electrons. The molecule has 11 nitrogen and oxygen atoms in total. The highest BCUT2D eigenvalue weighted by Crippen LogP contribution is 2.77. The van der Waals surface area contributed by atoms with Crippen molar-refractivity contribution in [1.29, 1.82) is 0 Å². The Morgan fingerprint density at radius 2 is 1.61 bits per heavy atom. The van der Waals surface area contributed by atoms with Crippen LogP contribution >= 0.6 is 11.6 Å². The van der Waals surface area contributed by atoms with Crippen molar-refractivity contribution in [1.82, 2.24) is 15.5 Å². The Kier molecular flexibility index (Phi) is 13.7. The maximum Gasteiger partial charge on any atom is 0.309 e. The molecule has 1 amide bonds. The number of carboxylic acids is 1. The number of ether oxygens (including phenoxy) is 2. The lowest BCUT2D eigenvalue weighted by Gasteiger charge is -2.72. The lowest BCUT2D eigenvalue weighted by Crippen LogP contribution is -2.66. The summed E-state index contributed by atoms with van der Waals surface area (Å²) in [6, 6.07) is 5.05. The Morgan fingerprint density at radius 3 is 2.24 bits per heavy atom. The molecular formula is C54H82ClN3O8. The van der Waals surface area contributed by atoms with Crippen LogP contribution in [0.25, 0.3) is 0 Å². The van der Waals surface area contributed by atoms with Gasteiger partial charge in [0.1, 0.15) is 18.5 Å². The predicted molar refractivity (Wildman–Crippen MR) is 258 cm³/mol. The van der Waals surface area contributed by atoms with Crippen molar-refractivity contribution < 1.29 is 38.9 Å². The number of esters is 1. The first kappa shape index (κ1) is 50.9. The first-order valence-electron chi connectivity index (χ1n) is 25.1. The average Bonchev–Trinajstić information content (AvgIpc) is 3.51. The minimum atomic E-state index is -0.842. The number of hydrogen-bond donors (Lipinski definition) is 4. The van der Waals surface area contributed by atoms with Crippen LogP contribution in [-0.2, 0) is 19.1 Å². The molecule has 7 rings (SSSR count). The molecule has 0 spiro atoms. The minimum Gasteiger partial charge on any atom is -0.491 e. The van der Waals surface area contributed by atoms with E-state index in [1.54, 1.807) is 18.2 Å². The molecule has 0 aliphatic heterocycles. The van der Waals surface area contributed by atoms with Gasteiger partial charge in [-0.25, -0.2) is 0 Å². The van der Waals surface area contributed by atoms with Crippen molar-refractivity contribution in [3.63, 3.8) is 0 Å². The molecule has 12 heteroatoms. The van der Waals surface area contributed by atoms with Crippen LogP contribution in [0.3, 0.4) is 0 Å². The quantitative estimate of drug-likeness (QED) is 0.125. The largest absolute Gasteiger partial charge is 0.491 e. The number of aliphatic hydroxyl groups is 1. The van der Waals surface area contributed by atoms with Gasteiger partial charge in [-0.3, -0.25) is 19.2 Å². The zero-order chi connectivity index (χ0) is 48.7. The summed E-state index contributed by atoms with van der Waals surface area (Å²) < 4.78 is 12.4. The molecule has 0 saturated heterocycles. The number of aliphatic carboxylic acids is 1. The number of benzene rings is 1. The average molecular weight is 937 g/mol. The van der Waals surface area contributed by atoms with Crippen molar-refractivity contribution in [2.75, 3.05) is 40.3 Å². The molecule has 5 saturated carbocycles. The molecule has 6 aliphatic carbocycles. The molecular weight excluding hydrogens is 854 g/mol. The van der Waals surface area contributed by atoms with E-state index in [2.05, 4.69) is 59.1 Å². The third-order valence-corrected chi connectivity index (χ3v) is 19.7. The molecule has 11 atom stereocenters. The van der Waals surface area contributed by atoms with Gasteiger partial charge in [-0.15, -0.1) is 0 Å². The summed E-state index contributed by atoms with van der Waals surface area (Å²) in [6.45, 7) is 26.0. The van der Waals surface area contributed by atoms with Crippen LogP contribution in [-0.4, -0.2) is 96.8 Å². The van der Waals surface area contributed by atoms with E-state index in [0.29, 0.717) is 67.3 Å². The minimum absolute atomic E-state index is 0.00220. The van der Waals surface area contributed by atoms with Gasteiger partial charge in [-0.2, -0.15) is 0 Å². The number of carbonyl (C=O) groups is 4. The Labute approximate surface area is 400 Å². The van der Waals surface area contributed by atoms with E-state index in [1.165, 1.54) is 5.57 Å². The van der Waals surface area contributed by atoms with E-state index in [1.807, 2.05) is 46.7 Å². The van der Waals surface area contributed by atoms with E-state index < -0.39 is 40.3 Å². The zero-order valence-electron chi connectivity index (χ0n) is 42.4. The number of nitrogens with one attached hydrogen (secondary N) is 2. The van der Waals surface area contributed by atoms with Gasteiger partial charge in [0, 0.05) is 47.4 Å². The third kappa shape index (κ3) is 8.37. The molecule has 0 unspecified atom stereocenters. The summed E-state index contributed by atoms with van der Waals surface area (Å²) in [5.74, 6) is -0.625. The normalized spacial score (nSPS) is 36.1.